The summed E-state index contributed by atoms with van der Waals surface area (Å²) in [6.07, 6.45) is 0. The van der Waals surface area contributed by atoms with Crippen LogP contribution < -0.4 is 20.7 Å². The molecule has 0 bridgehead atoms. The van der Waals surface area contributed by atoms with Crippen molar-refractivity contribution in [3.63, 3.8) is 0 Å². The maximum Gasteiger partial charge on any atom is 0.189 e. The van der Waals surface area contributed by atoms with Crippen LogP contribution in [0.3, 0.4) is 0 Å². The van der Waals surface area contributed by atoms with Crippen molar-refractivity contribution in [2.45, 2.75) is 0 Å². The Balaban J connectivity index is 1.15. The second-order valence-electron chi connectivity index (χ2n) is 15.9. The van der Waals surface area contributed by atoms with E-state index in [1.165, 1.54) is 37.4 Å². The fraction of sp³-hybridized carbons (Fsp3) is 0. The smallest absolute Gasteiger partial charge is 0.189 e. The Kier molecular flexibility index (Phi) is 7.92. The lowest BCUT2D eigenvalue weighted by molar-refractivity contribution is 0.673. The maximum atomic E-state index is 10.1. The Morgan fingerprint density at radius 3 is 1.68 bits per heavy atom. The van der Waals surface area contributed by atoms with Crippen molar-refractivity contribution >= 4 is 100 Å². The Bertz CT molecular complexity index is 3730. The summed E-state index contributed by atoms with van der Waals surface area (Å²) in [4.78, 5) is 4.16. The lowest BCUT2D eigenvalue weighted by Crippen LogP contribution is -2.74. The summed E-state index contributed by atoms with van der Waals surface area (Å²) in [6.45, 7) is 8.55. The van der Waals surface area contributed by atoms with E-state index in [-0.39, 0.29) is 0 Å². The zero-order valence-electron chi connectivity index (χ0n) is 33.3. The van der Waals surface area contributed by atoms with Gasteiger partial charge in [0.25, 0.3) is 0 Å². The lowest BCUT2D eigenvalue weighted by atomic mass is 10.1. The van der Waals surface area contributed by atoms with Gasteiger partial charge in [0.2, 0.25) is 0 Å². The van der Waals surface area contributed by atoms with E-state index in [0.717, 1.165) is 60.3 Å². The van der Waals surface area contributed by atoms with Gasteiger partial charge in [-0.15, -0.1) is 0 Å². The molecule has 0 amide bonds. The van der Waals surface area contributed by atoms with Crippen LogP contribution in [0.2, 0.25) is 0 Å². The molecular weight excluding hydrogens is 773 g/mol. The maximum absolute atomic E-state index is 10.1. The zero-order valence-corrected chi connectivity index (χ0v) is 34.3. The molecule has 0 unspecified atom stereocenters. The molecule has 6 heteroatoms. The van der Waals surface area contributed by atoms with Gasteiger partial charge in [-0.05, 0) is 88.4 Å². The summed E-state index contributed by atoms with van der Waals surface area (Å²) in [7, 11) is -3.15. The highest BCUT2D eigenvalue weighted by Gasteiger charge is 2.42. The van der Waals surface area contributed by atoms with Gasteiger partial charge < -0.3 is 13.6 Å². The molecule has 12 rings (SSSR count). The minimum absolute atomic E-state index is 0.552. The molecule has 0 saturated carbocycles. The van der Waals surface area contributed by atoms with Gasteiger partial charge >= 0.3 is 0 Å². The van der Waals surface area contributed by atoms with Gasteiger partial charge in [-0.25, -0.2) is 4.85 Å². The minimum atomic E-state index is -3.15. The highest BCUT2D eigenvalue weighted by molar-refractivity contribution is 7.20. The van der Waals surface area contributed by atoms with Crippen molar-refractivity contribution < 1.29 is 4.42 Å². The second kappa shape index (κ2) is 13.8. The molecule has 0 aliphatic heterocycles. The van der Waals surface area contributed by atoms with E-state index in [0.29, 0.717) is 11.3 Å². The monoisotopic (exact) mass is 806 g/mol. The van der Waals surface area contributed by atoms with Gasteiger partial charge in [-0.3, -0.25) is 0 Å². The van der Waals surface area contributed by atoms with Crippen molar-refractivity contribution in [2.75, 3.05) is 0 Å². The number of fused-ring (bicyclic) bond motifs is 10. The van der Waals surface area contributed by atoms with E-state index < -0.39 is 8.07 Å². The van der Waals surface area contributed by atoms with Crippen molar-refractivity contribution in [3.05, 3.63) is 223 Å². The first-order chi connectivity index (χ1) is 30.6. The fourth-order valence-electron chi connectivity index (χ4n) is 10.1. The molecule has 5 nitrogen and oxygen atoms in total. The normalized spacial score (nSPS) is 11.8. The first-order valence-corrected chi connectivity index (χ1v) is 22.7. The van der Waals surface area contributed by atoms with Gasteiger partial charge in [0.1, 0.15) is 11.2 Å². The molecule has 288 valence electrons. The van der Waals surface area contributed by atoms with Crippen LogP contribution in [0.1, 0.15) is 5.56 Å². The number of para-hydroxylation sites is 3. The molecule has 9 aromatic carbocycles. The number of aromatic nitrogens is 2. The number of nitriles is 1. The molecule has 0 aliphatic rings. The third-order valence-corrected chi connectivity index (χ3v) is 17.4. The number of rotatable bonds is 6. The first-order valence-electron chi connectivity index (χ1n) is 20.7. The summed E-state index contributed by atoms with van der Waals surface area (Å²) in [5.41, 5.74) is 8.89. The summed E-state index contributed by atoms with van der Waals surface area (Å²) in [6, 6.07) is 75.1. The van der Waals surface area contributed by atoms with Crippen LogP contribution in [0.25, 0.3) is 81.8 Å². The second-order valence-corrected chi connectivity index (χ2v) is 19.7. The van der Waals surface area contributed by atoms with Gasteiger partial charge in [-0.2, -0.15) is 5.26 Å². The largest absolute Gasteiger partial charge is 0.455 e. The van der Waals surface area contributed by atoms with Crippen LogP contribution in [-0.4, -0.2) is 17.2 Å². The Labute approximate surface area is 358 Å². The molecule has 0 atom stereocenters. The summed E-state index contributed by atoms with van der Waals surface area (Å²) in [5.74, 6) is 0. The SMILES string of the molecule is [C-]#[N+]c1cc(-n2c3ccc(C#N)cc3c3c4oc5ccccc5c4ccc32)cc([Si](c2ccccc2)(c2ccccc2)c2ccc(-n3c4ccccc4c4ccccc43)cc2)c1. The van der Waals surface area contributed by atoms with E-state index in [1.54, 1.807) is 0 Å². The third-order valence-electron chi connectivity index (χ3n) is 12.7. The van der Waals surface area contributed by atoms with E-state index in [4.69, 9.17) is 11.0 Å². The van der Waals surface area contributed by atoms with E-state index in [1.807, 2.05) is 42.5 Å². The quantitative estimate of drug-likeness (QED) is 0.0955. The average molecular weight is 807 g/mol. The highest BCUT2D eigenvalue weighted by Crippen LogP contribution is 2.41. The lowest BCUT2D eigenvalue weighted by Gasteiger charge is -2.35. The van der Waals surface area contributed by atoms with Crippen LogP contribution in [0.15, 0.2) is 211 Å². The molecule has 3 aromatic heterocycles. The zero-order chi connectivity index (χ0) is 41.4. The van der Waals surface area contributed by atoms with Gasteiger partial charge in [0.05, 0.1) is 45.7 Å². The third kappa shape index (κ3) is 5.12. The standard InChI is InChI=1S/C56H34N4OSi/c1-58-38-33-40(60-52-30-24-37(36-57)32-49(52)55-53(60)31-29-48-47-20-10-13-23-54(47)61-56(48)55)35-44(34-38)62(41-14-4-2-5-15-41,42-16-6-3-7-17-42)43-27-25-39(26-28-43)59-50-21-11-8-18-45(50)46-19-9-12-22-51(46)59/h2-35H. The van der Waals surface area contributed by atoms with Crippen molar-refractivity contribution in [2.24, 2.45) is 0 Å². The topological polar surface area (TPSA) is 51.1 Å². The van der Waals surface area contributed by atoms with Crippen LogP contribution in [-0.2, 0) is 0 Å². The molecule has 0 N–H and O–H groups in total. The Morgan fingerprint density at radius 2 is 1.02 bits per heavy atom. The summed E-state index contributed by atoms with van der Waals surface area (Å²) in [5, 5.41) is 21.2. The molecule has 0 fully saturated rings. The van der Waals surface area contributed by atoms with E-state index in [9.17, 15) is 5.26 Å². The predicted octanol–water partition coefficient (Wildman–Crippen LogP) is 11.6. The molecule has 0 aliphatic carbocycles. The highest BCUT2D eigenvalue weighted by atomic mass is 28.3. The van der Waals surface area contributed by atoms with E-state index >= 15 is 0 Å². The van der Waals surface area contributed by atoms with E-state index in [2.05, 4.69) is 184 Å². The van der Waals surface area contributed by atoms with Crippen molar-refractivity contribution in [1.29, 1.82) is 5.26 Å². The van der Waals surface area contributed by atoms with Gasteiger partial charge in [0.15, 0.2) is 13.8 Å². The van der Waals surface area contributed by atoms with Gasteiger partial charge in [0, 0.05) is 38.3 Å². The summed E-state index contributed by atoms with van der Waals surface area (Å²) >= 11 is 0. The Morgan fingerprint density at radius 1 is 0.452 bits per heavy atom. The summed E-state index contributed by atoms with van der Waals surface area (Å²) < 4.78 is 11.2. The molecule has 0 spiro atoms. The molecular formula is C56H34N4OSi. The number of nitrogens with zero attached hydrogens (tertiary/aromatic N) is 4. The molecule has 3 heterocycles. The van der Waals surface area contributed by atoms with Crippen molar-refractivity contribution in [1.82, 2.24) is 9.13 Å². The molecule has 12 aromatic rings. The average Bonchev–Trinajstić information content (AvgIpc) is 4.00. The van der Waals surface area contributed by atoms with Crippen LogP contribution in [0, 0.1) is 17.9 Å². The number of furan rings is 1. The number of hydrogen-bond acceptors (Lipinski definition) is 2. The molecule has 0 saturated heterocycles. The first kappa shape index (κ1) is 35.5. The number of benzene rings is 9. The molecule has 62 heavy (non-hydrogen) atoms. The minimum Gasteiger partial charge on any atom is -0.455 e. The van der Waals surface area contributed by atoms with Crippen LogP contribution in [0.4, 0.5) is 5.69 Å². The Hall–Kier alpha value is -8.42. The fourth-order valence-corrected chi connectivity index (χ4v) is 14.9. The molecule has 0 radical (unpaired) electrons. The van der Waals surface area contributed by atoms with Gasteiger partial charge in [-0.1, -0.05) is 139 Å². The number of hydrogen-bond donors (Lipinski definition) is 0. The predicted molar refractivity (Wildman–Crippen MR) is 257 cm³/mol. The van der Waals surface area contributed by atoms with Crippen LogP contribution in [0.5, 0.6) is 0 Å². The van der Waals surface area contributed by atoms with Crippen LogP contribution >= 0.6 is 0 Å². The van der Waals surface area contributed by atoms with Crippen molar-refractivity contribution in [3.8, 4) is 17.4 Å².